The smallest absolute Gasteiger partial charge is 0.432 e. The van der Waals surface area contributed by atoms with Gasteiger partial charge in [-0.3, -0.25) is 9.59 Å². The minimum absolute atomic E-state index is 0.0418. The van der Waals surface area contributed by atoms with Gasteiger partial charge in [-0.05, 0) is 42.5 Å². The van der Waals surface area contributed by atoms with E-state index in [-0.39, 0.29) is 41.9 Å². The Hall–Kier alpha value is -3.97. The molecule has 3 rings (SSSR count). The molecule has 34 heavy (non-hydrogen) atoms. The number of anilines is 1. The van der Waals surface area contributed by atoms with E-state index < -0.39 is 17.8 Å². The van der Waals surface area contributed by atoms with Crippen molar-refractivity contribution in [3.05, 3.63) is 64.9 Å². The first-order valence-electron chi connectivity index (χ1n) is 9.84. The van der Waals surface area contributed by atoms with Crippen LogP contribution in [0.1, 0.15) is 18.2 Å². The minimum Gasteiger partial charge on any atom is -0.490 e. The zero-order valence-corrected chi connectivity index (χ0v) is 18.5. The lowest BCUT2D eigenvalue weighted by Crippen LogP contribution is -2.25. The molecular weight excluding hydrogens is 473 g/mol. The highest BCUT2D eigenvalue weighted by Gasteiger charge is 2.33. The second-order valence-corrected chi connectivity index (χ2v) is 7.33. The molecule has 11 heteroatoms. The maximum Gasteiger partial charge on any atom is 0.432 e. The third-order valence-electron chi connectivity index (χ3n) is 4.28. The van der Waals surface area contributed by atoms with E-state index in [1.807, 2.05) is 0 Å². The summed E-state index contributed by atoms with van der Waals surface area (Å²) >= 11 is 5.83. The summed E-state index contributed by atoms with van der Waals surface area (Å²) in [4.78, 5) is 29.4. The lowest BCUT2D eigenvalue weighted by Gasteiger charge is -2.13. The number of benzene rings is 2. The fraction of sp³-hybridized carbons (Fsp3) is 0.174. The number of imidazole rings is 1. The third-order valence-corrected chi connectivity index (χ3v) is 4.53. The summed E-state index contributed by atoms with van der Waals surface area (Å²) in [6, 6.07) is 10.9. The van der Waals surface area contributed by atoms with Crippen LogP contribution in [-0.2, 0) is 15.8 Å². The summed E-state index contributed by atoms with van der Waals surface area (Å²) in [5.41, 5.74) is 0.0132. The van der Waals surface area contributed by atoms with Gasteiger partial charge in [0.1, 0.15) is 23.9 Å². The van der Waals surface area contributed by atoms with Crippen LogP contribution in [0.4, 0.5) is 18.9 Å². The summed E-state index contributed by atoms with van der Waals surface area (Å²) in [5, 5.41) is 5.67. The Labute approximate surface area is 197 Å². The molecule has 3 aromatic rings. The van der Waals surface area contributed by atoms with Gasteiger partial charge in [-0.2, -0.15) is 13.2 Å². The average Bonchev–Trinajstić information content (AvgIpc) is 3.28. The predicted molar refractivity (Wildman–Crippen MR) is 120 cm³/mol. The SMILES string of the molecule is CC(=O)NCCOc1ccc(-c2ncc(C(F)(F)F)[nH]2)cc1NC(=O)C#Cc1ccc(Cl)cc1. The van der Waals surface area contributed by atoms with E-state index in [1.54, 1.807) is 24.3 Å². The Bertz CT molecular complexity index is 1240. The van der Waals surface area contributed by atoms with Gasteiger partial charge in [0.25, 0.3) is 0 Å². The molecule has 0 aliphatic rings. The number of carbonyl (C=O) groups is 2. The first kappa shape index (κ1) is 24.7. The van der Waals surface area contributed by atoms with Gasteiger partial charge in [-0.25, -0.2) is 4.98 Å². The van der Waals surface area contributed by atoms with E-state index in [2.05, 4.69) is 32.4 Å². The number of rotatable bonds is 6. The summed E-state index contributed by atoms with van der Waals surface area (Å²) in [5.74, 6) is 4.41. The number of nitrogens with zero attached hydrogens (tertiary/aromatic N) is 1. The molecule has 0 atom stereocenters. The highest BCUT2D eigenvalue weighted by Crippen LogP contribution is 2.32. The van der Waals surface area contributed by atoms with Crippen LogP contribution in [0, 0.1) is 11.8 Å². The number of amides is 2. The fourth-order valence-corrected chi connectivity index (χ4v) is 2.84. The van der Waals surface area contributed by atoms with Crippen molar-refractivity contribution < 1.29 is 27.5 Å². The van der Waals surface area contributed by atoms with Crippen LogP contribution >= 0.6 is 11.6 Å². The van der Waals surface area contributed by atoms with Crippen LogP contribution in [0.15, 0.2) is 48.7 Å². The number of halogens is 4. The highest BCUT2D eigenvalue weighted by atomic mass is 35.5. The Kier molecular flexibility index (Phi) is 7.81. The van der Waals surface area contributed by atoms with Gasteiger partial charge in [0, 0.05) is 29.0 Å². The van der Waals surface area contributed by atoms with Gasteiger partial charge in [0.15, 0.2) is 0 Å². The molecule has 0 aliphatic heterocycles. The van der Waals surface area contributed by atoms with E-state index in [4.69, 9.17) is 16.3 Å². The van der Waals surface area contributed by atoms with Crippen molar-refractivity contribution in [1.29, 1.82) is 0 Å². The van der Waals surface area contributed by atoms with E-state index in [0.717, 1.165) is 0 Å². The number of nitrogens with one attached hydrogen (secondary N) is 3. The first-order valence-corrected chi connectivity index (χ1v) is 10.2. The zero-order chi connectivity index (χ0) is 24.7. The fourth-order valence-electron chi connectivity index (χ4n) is 2.72. The van der Waals surface area contributed by atoms with E-state index in [0.29, 0.717) is 16.8 Å². The minimum atomic E-state index is -4.58. The molecule has 0 unspecified atom stereocenters. The number of H-pyrrole nitrogens is 1. The Morgan fingerprint density at radius 3 is 2.56 bits per heavy atom. The van der Waals surface area contributed by atoms with Crippen LogP contribution in [0.3, 0.4) is 0 Å². The second kappa shape index (κ2) is 10.8. The number of aromatic nitrogens is 2. The van der Waals surface area contributed by atoms with Gasteiger partial charge in [-0.15, -0.1) is 0 Å². The van der Waals surface area contributed by atoms with Crippen molar-refractivity contribution in [2.24, 2.45) is 0 Å². The molecule has 1 aromatic heterocycles. The molecule has 0 spiro atoms. The number of carbonyl (C=O) groups excluding carboxylic acids is 2. The van der Waals surface area contributed by atoms with E-state index in [9.17, 15) is 22.8 Å². The quantitative estimate of drug-likeness (QED) is 0.355. The zero-order valence-electron chi connectivity index (χ0n) is 17.7. The van der Waals surface area contributed by atoms with Crippen LogP contribution in [0.5, 0.6) is 5.75 Å². The Balaban J connectivity index is 1.83. The molecule has 7 nitrogen and oxygen atoms in total. The van der Waals surface area contributed by atoms with E-state index >= 15 is 0 Å². The maximum atomic E-state index is 12.9. The predicted octanol–water partition coefficient (Wildman–Crippen LogP) is 4.25. The topological polar surface area (TPSA) is 96.1 Å². The molecule has 0 radical (unpaired) electrons. The Morgan fingerprint density at radius 1 is 1.18 bits per heavy atom. The highest BCUT2D eigenvalue weighted by molar-refractivity contribution is 6.30. The largest absolute Gasteiger partial charge is 0.490 e. The molecule has 2 aromatic carbocycles. The average molecular weight is 491 g/mol. The molecule has 0 saturated heterocycles. The number of hydrogen-bond donors (Lipinski definition) is 3. The number of ether oxygens (including phenoxy) is 1. The molecule has 0 fully saturated rings. The normalized spacial score (nSPS) is 10.7. The molecule has 176 valence electrons. The van der Waals surface area contributed by atoms with Crippen LogP contribution in [0.25, 0.3) is 11.4 Å². The summed E-state index contributed by atoms with van der Waals surface area (Å²) < 4.78 is 44.3. The van der Waals surface area contributed by atoms with Crippen molar-refractivity contribution in [1.82, 2.24) is 15.3 Å². The summed E-state index contributed by atoms with van der Waals surface area (Å²) in [7, 11) is 0. The number of aromatic amines is 1. The van der Waals surface area contributed by atoms with Crippen molar-refractivity contribution >= 4 is 29.1 Å². The molecule has 3 N–H and O–H groups in total. The third kappa shape index (κ3) is 7.02. The molecule has 0 aliphatic carbocycles. The van der Waals surface area contributed by atoms with Crippen molar-refractivity contribution in [2.45, 2.75) is 13.1 Å². The molecular formula is C23H18ClF3N4O3. The monoisotopic (exact) mass is 490 g/mol. The lowest BCUT2D eigenvalue weighted by molar-refractivity contribution is -0.140. The molecule has 1 heterocycles. The summed E-state index contributed by atoms with van der Waals surface area (Å²) in [6.45, 7) is 1.67. The maximum absolute atomic E-state index is 12.9. The Morgan fingerprint density at radius 2 is 1.91 bits per heavy atom. The van der Waals surface area contributed by atoms with Gasteiger partial charge < -0.3 is 20.4 Å². The van der Waals surface area contributed by atoms with Crippen LogP contribution in [-0.4, -0.2) is 34.9 Å². The van der Waals surface area contributed by atoms with Crippen molar-refractivity contribution in [2.75, 3.05) is 18.5 Å². The molecule has 0 saturated carbocycles. The van der Waals surface area contributed by atoms with Crippen LogP contribution in [0.2, 0.25) is 5.02 Å². The molecule has 2 amide bonds. The van der Waals surface area contributed by atoms with Crippen LogP contribution < -0.4 is 15.4 Å². The van der Waals surface area contributed by atoms with Gasteiger partial charge >= 0.3 is 12.1 Å². The standard InChI is InChI=1S/C23H18ClF3N4O3/c1-14(32)28-10-11-34-19-8-5-16(22-29-13-20(31-22)23(25,26)27)12-18(19)30-21(33)9-4-15-2-6-17(24)7-3-15/h2-3,5-8,12-13H,10-11H2,1H3,(H,28,32)(H,29,31)(H,30,33). The second-order valence-electron chi connectivity index (χ2n) is 6.90. The van der Waals surface area contributed by atoms with Gasteiger partial charge in [0.05, 0.1) is 18.4 Å². The summed E-state index contributed by atoms with van der Waals surface area (Å²) in [6.07, 6.45) is -3.89. The first-order chi connectivity index (χ1) is 16.1. The van der Waals surface area contributed by atoms with E-state index in [1.165, 1.54) is 25.1 Å². The number of hydrogen-bond acceptors (Lipinski definition) is 4. The van der Waals surface area contributed by atoms with Gasteiger partial charge in [-0.1, -0.05) is 17.5 Å². The van der Waals surface area contributed by atoms with Gasteiger partial charge in [0.2, 0.25) is 5.91 Å². The number of alkyl halides is 3. The lowest BCUT2D eigenvalue weighted by atomic mass is 10.1. The molecule has 0 bridgehead atoms. The van der Waals surface area contributed by atoms with Crippen molar-refractivity contribution in [3.8, 4) is 29.0 Å². The van der Waals surface area contributed by atoms with Crippen molar-refractivity contribution in [3.63, 3.8) is 0 Å².